The van der Waals surface area contributed by atoms with Gasteiger partial charge in [0.25, 0.3) is 5.56 Å². The van der Waals surface area contributed by atoms with Crippen LogP contribution >= 0.6 is 11.6 Å². The molecule has 1 fully saturated rings. The second-order valence-corrected chi connectivity index (χ2v) is 7.58. The molecule has 1 N–H and O–H groups in total. The molecule has 0 radical (unpaired) electrons. The van der Waals surface area contributed by atoms with E-state index in [-0.39, 0.29) is 11.6 Å². The van der Waals surface area contributed by atoms with E-state index >= 15 is 0 Å². The van der Waals surface area contributed by atoms with Gasteiger partial charge in [0.15, 0.2) is 0 Å². The van der Waals surface area contributed by atoms with Gasteiger partial charge >= 0.3 is 6.03 Å². The van der Waals surface area contributed by atoms with E-state index in [2.05, 4.69) is 15.3 Å². The summed E-state index contributed by atoms with van der Waals surface area (Å²) in [6, 6.07) is 17.9. The van der Waals surface area contributed by atoms with Crippen LogP contribution in [0.2, 0.25) is 5.02 Å². The molecule has 0 atom stereocenters. The third-order valence-corrected chi connectivity index (χ3v) is 5.35. The molecular formula is C22H22ClN5O2. The number of aromatic nitrogens is 2. The summed E-state index contributed by atoms with van der Waals surface area (Å²) in [7, 11) is 0. The molecule has 154 valence electrons. The summed E-state index contributed by atoms with van der Waals surface area (Å²) in [6.45, 7) is 4.29. The molecule has 1 aromatic heterocycles. The molecule has 8 heteroatoms. The Bertz CT molecular complexity index is 1110. The van der Waals surface area contributed by atoms with Crippen LogP contribution in [0, 0.1) is 6.92 Å². The Hall–Kier alpha value is -3.32. The van der Waals surface area contributed by atoms with E-state index in [0.717, 1.165) is 11.3 Å². The summed E-state index contributed by atoms with van der Waals surface area (Å²) < 4.78 is 1.40. The van der Waals surface area contributed by atoms with Crippen molar-refractivity contribution in [3.05, 3.63) is 81.6 Å². The second kappa shape index (κ2) is 8.59. The zero-order chi connectivity index (χ0) is 21.1. The van der Waals surface area contributed by atoms with Crippen molar-refractivity contribution in [3.8, 4) is 5.69 Å². The number of nitrogens with one attached hydrogen (secondary N) is 1. The predicted molar refractivity (Wildman–Crippen MR) is 119 cm³/mol. The lowest BCUT2D eigenvalue weighted by molar-refractivity contribution is 0.208. The molecular weight excluding hydrogens is 402 g/mol. The van der Waals surface area contributed by atoms with Crippen molar-refractivity contribution < 1.29 is 4.79 Å². The highest BCUT2D eigenvalue weighted by atomic mass is 35.5. The number of anilines is 2. The molecule has 4 rings (SSSR count). The van der Waals surface area contributed by atoms with E-state index in [1.165, 1.54) is 10.7 Å². The molecule has 0 spiro atoms. The number of aryl methyl sites for hydroxylation is 1. The number of hydrogen-bond acceptors (Lipinski definition) is 4. The molecule has 2 heterocycles. The van der Waals surface area contributed by atoms with Crippen molar-refractivity contribution in [3.63, 3.8) is 0 Å². The summed E-state index contributed by atoms with van der Waals surface area (Å²) in [5.41, 5.74) is 2.21. The van der Waals surface area contributed by atoms with Gasteiger partial charge in [-0.1, -0.05) is 35.9 Å². The molecule has 1 saturated heterocycles. The first kappa shape index (κ1) is 20.0. The first-order valence-corrected chi connectivity index (χ1v) is 10.1. The van der Waals surface area contributed by atoms with Crippen molar-refractivity contribution >= 4 is 29.1 Å². The minimum absolute atomic E-state index is 0.151. The topological polar surface area (TPSA) is 70.5 Å². The zero-order valence-corrected chi connectivity index (χ0v) is 17.3. The highest BCUT2D eigenvalue weighted by Crippen LogP contribution is 2.21. The maximum absolute atomic E-state index is 12.7. The normalized spacial score (nSPS) is 13.9. The van der Waals surface area contributed by atoms with E-state index in [1.54, 1.807) is 23.1 Å². The average molecular weight is 424 g/mol. The number of carbonyl (C=O) groups excluding carboxylic acids is 1. The van der Waals surface area contributed by atoms with Gasteiger partial charge in [0, 0.05) is 43.0 Å². The second-order valence-electron chi connectivity index (χ2n) is 7.14. The third-order valence-electron chi connectivity index (χ3n) is 5.12. The molecule has 7 nitrogen and oxygen atoms in total. The zero-order valence-electron chi connectivity index (χ0n) is 16.6. The Morgan fingerprint density at radius 3 is 2.47 bits per heavy atom. The highest BCUT2D eigenvalue weighted by Gasteiger charge is 2.23. The Morgan fingerprint density at radius 2 is 1.73 bits per heavy atom. The van der Waals surface area contributed by atoms with E-state index in [9.17, 15) is 9.59 Å². The Kier molecular flexibility index (Phi) is 5.72. The average Bonchev–Trinajstić information content (AvgIpc) is 2.77. The van der Waals surface area contributed by atoms with Gasteiger partial charge in [-0.05, 0) is 42.8 Å². The first-order chi connectivity index (χ1) is 14.5. The number of benzene rings is 2. The van der Waals surface area contributed by atoms with Crippen LogP contribution < -0.4 is 15.8 Å². The number of hydrogen-bond donors (Lipinski definition) is 1. The van der Waals surface area contributed by atoms with Gasteiger partial charge in [-0.15, -0.1) is 5.10 Å². The standard InChI is InChI=1S/C22H22ClN5O2/c1-16-7-8-17(23)15-19(16)24-22(30)27-13-11-26(12-14-27)20-9-10-21(29)28(25-20)18-5-3-2-4-6-18/h2-10,15H,11-14H2,1H3,(H,24,30). The number of nitrogens with zero attached hydrogens (tertiary/aromatic N) is 4. The molecule has 0 unspecified atom stereocenters. The number of piperazine rings is 1. The highest BCUT2D eigenvalue weighted by molar-refractivity contribution is 6.31. The number of para-hydroxylation sites is 1. The Labute approximate surface area is 179 Å². The molecule has 2 amide bonds. The van der Waals surface area contributed by atoms with Crippen molar-refractivity contribution in [1.82, 2.24) is 14.7 Å². The number of rotatable bonds is 3. The van der Waals surface area contributed by atoms with Gasteiger partial charge in [-0.2, -0.15) is 4.68 Å². The van der Waals surface area contributed by atoms with Crippen molar-refractivity contribution in [1.29, 1.82) is 0 Å². The van der Waals surface area contributed by atoms with Crippen molar-refractivity contribution in [2.75, 3.05) is 36.4 Å². The van der Waals surface area contributed by atoms with Crippen LogP contribution in [-0.4, -0.2) is 46.9 Å². The largest absolute Gasteiger partial charge is 0.352 e. The first-order valence-electron chi connectivity index (χ1n) is 9.74. The molecule has 1 aliphatic heterocycles. The lowest BCUT2D eigenvalue weighted by Gasteiger charge is -2.35. The fourth-order valence-corrected chi connectivity index (χ4v) is 3.56. The summed E-state index contributed by atoms with van der Waals surface area (Å²) in [6.07, 6.45) is 0. The number of carbonyl (C=O) groups is 1. The van der Waals surface area contributed by atoms with E-state index in [0.29, 0.717) is 42.7 Å². The summed E-state index contributed by atoms with van der Waals surface area (Å²) in [5, 5.41) is 8.04. The monoisotopic (exact) mass is 423 g/mol. The Balaban J connectivity index is 1.43. The minimum Gasteiger partial charge on any atom is -0.352 e. The van der Waals surface area contributed by atoms with Gasteiger partial charge in [0.05, 0.1) is 5.69 Å². The maximum atomic E-state index is 12.7. The van der Waals surface area contributed by atoms with Crippen LogP contribution in [0.4, 0.5) is 16.3 Å². The maximum Gasteiger partial charge on any atom is 0.321 e. The molecule has 1 aliphatic rings. The van der Waals surface area contributed by atoms with E-state index in [1.807, 2.05) is 43.3 Å². The number of amides is 2. The quantitative estimate of drug-likeness (QED) is 0.699. The van der Waals surface area contributed by atoms with Gasteiger partial charge in [0.2, 0.25) is 0 Å². The van der Waals surface area contributed by atoms with Crippen LogP contribution in [0.5, 0.6) is 0 Å². The molecule has 0 aliphatic carbocycles. The fraction of sp³-hybridized carbons (Fsp3) is 0.227. The van der Waals surface area contributed by atoms with Crippen LogP contribution in [0.3, 0.4) is 0 Å². The van der Waals surface area contributed by atoms with E-state index < -0.39 is 0 Å². The molecule has 2 aromatic carbocycles. The van der Waals surface area contributed by atoms with Gasteiger partial charge in [-0.25, -0.2) is 4.79 Å². The van der Waals surface area contributed by atoms with Crippen molar-refractivity contribution in [2.24, 2.45) is 0 Å². The van der Waals surface area contributed by atoms with Crippen LogP contribution in [-0.2, 0) is 0 Å². The Morgan fingerprint density at radius 1 is 1.00 bits per heavy atom. The molecule has 0 saturated carbocycles. The summed E-state index contributed by atoms with van der Waals surface area (Å²) in [4.78, 5) is 28.7. The lowest BCUT2D eigenvalue weighted by Crippen LogP contribution is -2.50. The SMILES string of the molecule is Cc1ccc(Cl)cc1NC(=O)N1CCN(c2ccc(=O)n(-c3ccccc3)n2)CC1. The molecule has 3 aromatic rings. The lowest BCUT2D eigenvalue weighted by atomic mass is 10.2. The predicted octanol–water partition coefficient (Wildman–Crippen LogP) is 3.55. The summed E-state index contributed by atoms with van der Waals surface area (Å²) in [5.74, 6) is 0.712. The number of halogens is 1. The van der Waals surface area contributed by atoms with Crippen LogP contribution in [0.15, 0.2) is 65.5 Å². The molecule has 0 bridgehead atoms. The van der Waals surface area contributed by atoms with Gasteiger partial charge < -0.3 is 15.1 Å². The van der Waals surface area contributed by atoms with Crippen molar-refractivity contribution in [2.45, 2.75) is 6.92 Å². The molecule has 30 heavy (non-hydrogen) atoms. The minimum atomic E-state index is -0.181. The smallest absolute Gasteiger partial charge is 0.321 e. The third kappa shape index (κ3) is 4.31. The van der Waals surface area contributed by atoms with E-state index in [4.69, 9.17) is 11.6 Å². The number of urea groups is 1. The fourth-order valence-electron chi connectivity index (χ4n) is 3.39. The van der Waals surface area contributed by atoms with Gasteiger partial charge in [-0.3, -0.25) is 4.79 Å². The summed E-state index contributed by atoms with van der Waals surface area (Å²) >= 11 is 6.04. The van der Waals surface area contributed by atoms with Crippen LogP contribution in [0.1, 0.15) is 5.56 Å². The van der Waals surface area contributed by atoms with Crippen LogP contribution in [0.25, 0.3) is 5.69 Å². The van der Waals surface area contributed by atoms with Gasteiger partial charge in [0.1, 0.15) is 5.82 Å².